The number of benzene rings is 1. The van der Waals surface area contributed by atoms with Crippen LogP contribution in [0.4, 0.5) is 17.6 Å². The van der Waals surface area contributed by atoms with E-state index in [1.807, 2.05) is 49.9 Å². The Hall–Kier alpha value is -3.21. The first-order chi connectivity index (χ1) is 13.3. The number of nitrogen functional groups attached to an aromatic ring is 1. The average Bonchev–Trinajstić information content (AvgIpc) is 3.09. The lowest BCUT2D eigenvalue weighted by atomic mass is 10.2. The van der Waals surface area contributed by atoms with Gasteiger partial charge in [0.15, 0.2) is 5.16 Å². The van der Waals surface area contributed by atoms with E-state index in [0.717, 1.165) is 5.69 Å². The summed E-state index contributed by atoms with van der Waals surface area (Å²) in [5, 5.41) is 11.5. The van der Waals surface area contributed by atoms with E-state index in [-0.39, 0.29) is 17.1 Å². The second-order valence-electron chi connectivity index (χ2n) is 6.22. The fourth-order valence-corrected chi connectivity index (χ4v) is 3.30. The van der Waals surface area contributed by atoms with E-state index in [0.29, 0.717) is 22.6 Å². The zero-order valence-corrected chi connectivity index (χ0v) is 16.8. The Balaban J connectivity index is 1.86. The van der Waals surface area contributed by atoms with Crippen molar-refractivity contribution in [1.29, 1.82) is 0 Å². The SMILES string of the molecule is CC(=O)Nc1cccc(-n2cnnc2SC(C)c2nc(N)nc(N(C)C)n2)c1. The molecule has 0 fully saturated rings. The third-order valence-electron chi connectivity index (χ3n) is 3.67. The molecule has 0 radical (unpaired) electrons. The molecule has 0 aliphatic rings. The van der Waals surface area contributed by atoms with Crippen LogP contribution in [0.1, 0.15) is 24.9 Å². The molecule has 0 spiro atoms. The Labute approximate surface area is 166 Å². The fourth-order valence-electron chi connectivity index (χ4n) is 2.41. The highest BCUT2D eigenvalue weighted by Crippen LogP contribution is 2.33. The second kappa shape index (κ2) is 8.21. The molecule has 0 aliphatic heterocycles. The molecule has 10 nitrogen and oxygen atoms in total. The zero-order valence-electron chi connectivity index (χ0n) is 16.0. The van der Waals surface area contributed by atoms with Crippen LogP contribution in [0.3, 0.4) is 0 Å². The summed E-state index contributed by atoms with van der Waals surface area (Å²) >= 11 is 1.45. The Kier molecular flexibility index (Phi) is 5.73. The molecule has 3 rings (SSSR count). The maximum Gasteiger partial charge on any atom is 0.229 e. The molecule has 0 bridgehead atoms. The van der Waals surface area contributed by atoms with Crippen LogP contribution in [-0.4, -0.2) is 49.7 Å². The van der Waals surface area contributed by atoms with Crippen molar-refractivity contribution < 1.29 is 4.79 Å². The number of amides is 1. The monoisotopic (exact) mass is 399 g/mol. The van der Waals surface area contributed by atoms with Crippen molar-refractivity contribution in [2.24, 2.45) is 0 Å². The summed E-state index contributed by atoms with van der Waals surface area (Å²) in [4.78, 5) is 25.9. The minimum absolute atomic E-state index is 0.131. The lowest BCUT2D eigenvalue weighted by molar-refractivity contribution is -0.114. The molecule has 1 amide bonds. The van der Waals surface area contributed by atoms with Gasteiger partial charge in [0.1, 0.15) is 12.2 Å². The molecule has 146 valence electrons. The van der Waals surface area contributed by atoms with Crippen LogP contribution >= 0.6 is 11.8 Å². The molecule has 0 saturated carbocycles. The van der Waals surface area contributed by atoms with E-state index in [2.05, 4.69) is 30.5 Å². The van der Waals surface area contributed by atoms with Gasteiger partial charge in [0.05, 0.1) is 10.9 Å². The highest BCUT2D eigenvalue weighted by Gasteiger charge is 2.18. The maximum atomic E-state index is 11.3. The van der Waals surface area contributed by atoms with E-state index in [1.165, 1.54) is 18.7 Å². The quantitative estimate of drug-likeness (QED) is 0.597. The first kappa shape index (κ1) is 19.5. The smallest absolute Gasteiger partial charge is 0.229 e. The molecular formula is C17H21N9OS. The average molecular weight is 399 g/mol. The molecule has 11 heteroatoms. The minimum atomic E-state index is -0.134. The molecule has 0 aliphatic carbocycles. The number of nitrogens with two attached hydrogens (primary N) is 1. The number of rotatable bonds is 6. The second-order valence-corrected chi connectivity index (χ2v) is 7.53. The molecule has 1 aromatic carbocycles. The molecule has 2 aromatic heterocycles. The number of hydrogen-bond donors (Lipinski definition) is 2. The molecule has 3 aromatic rings. The van der Waals surface area contributed by atoms with Gasteiger partial charge in [-0.1, -0.05) is 17.8 Å². The zero-order chi connectivity index (χ0) is 20.3. The van der Waals surface area contributed by atoms with Gasteiger partial charge in [0, 0.05) is 26.7 Å². The van der Waals surface area contributed by atoms with Crippen molar-refractivity contribution in [1.82, 2.24) is 29.7 Å². The van der Waals surface area contributed by atoms with Crippen LogP contribution in [0.25, 0.3) is 5.69 Å². The summed E-state index contributed by atoms with van der Waals surface area (Å²) in [5.41, 5.74) is 7.35. The number of hydrogen-bond acceptors (Lipinski definition) is 9. The van der Waals surface area contributed by atoms with Crippen molar-refractivity contribution in [3.05, 3.63) is 36.4 Å². The van der Waals surface area contributed by atoms with Gasteiger partial charge in [0.25, 0.3) is 0 Å². The summed E-state index contributed by atoms with van der Waals surface area (Å²) in [6, 6.07) is 7.44. The summed E-state index contributed by atoms with van der Waals surface area (Å²) in [6.07, 6.45) is 1.62. The van der Waals surface area contributed by atoms with Crippen molar-refractivity contribution in [3.63, 3.8) is 0 Å². The third kappa shape index (κ3) is 4.55. The Morgan fingerprint density at radius 1 is 1.29 bits per heavy atom. The number of carbonyl (C=O) groups excluding carboxylic acids is 1. The minimum Gasteiger partial charge on any atom is -0.368 e. The van der Waals surface area contributed by atoms with Gasteiger partial charge in [-0.3, -0.25) is 9.36 Å². The number of nitrogens with zero attached hydrogens (tertiary/aromatic N) is 7. The fraction of sp³-hybridized carbons (Fsp3) is 0.294. The van der Waals surface area contributed by atoms with Crippen molar-refractivity contribution in [2.75, 3.05) is 30.0 Å². The Morgan fingerprint density at radius 2 is 2.07 bits per heavy atom. The van der Waals surface area contributed by atoms with Crippen LogP contribution in [0.2, 0.25) is 0 Å². The van der Waals surface area contributed by atoms with Crippen LogP contribution in [0.15, 0.2) is 35.7 Å². The van der Waals surface area contributed by atoms with E-state index in [1.54, 1.807) is 11.2 Å². The summed E-state index contributed by atoms with van der Waals surface area (Å²) < 4.78 is 1.84. The number of aromatic nitrogens is 6. The lowest BCUT2D eigenvalue weighted by Crippen LogP contribution is -2.16. The Bertz CT molecular complexity index is 988. The molecule has 3 N–H and O–H groups in total. The van der Waals surface area contributed by atoms with Crippen LogP contribution in [0, 0.1) is 0 Å². The molecule has 2 heterocycles. The first-order valence-electron chi connectivity index (χ1n) is 8.47. The molecular weight excluding hydrogens is 378 g/mol. The predicted octanol–water partition coefficient (Wildman–Crippen LogP) is 1.91. The first-order valence-corrected chi connectivity index (χ1v) is 9.35. The number of carbonyl (C=O) groups is 1. The van der Waals surface area contributed by atoms with Crippen LogP contribution < -0.4 is 16.0 Å². The van der Waals surface area contributed by atoms with Crippen LogP contribution in [-0.2, 0) is 4.79 Å². The summed E-state index contributed by atoms with van der Waals surface area (Å²) in [5.74, 6) is 1.10. The van der Waals surface area contributed by atoms with Gasteiger partial charge >= 0.3 is 0 Å². The highest BCUT2D eigenvalue weighted by molar-refractivity contribution is 7.99. The highest BCUT2D eigenvalue weighted by atomic mass is 32.2. The Morgan fingerprint density at radius 3 is 2.79 bits per heavy atom. The van der Waals surface area contributed by atoms with E-state index in [9.17, 15) is 4.79 Å². The predicted molar refractivity (Wildman–Crippen MR) is 109 cm³/mol. The maximum absolute atomic E-state index is 11.3. The molecule has 0 saturated heterocycles. The summed E-state index contributed by atoms with van der Waals surface area (Å²) in [7, 11) is 3.68. The number of nitrogens with one attached hydrogen (secondary N) is 1. The van der Waals surface area contributed by atoms with E-state index in [4.69, 9.17) is 5.73 Å². The summed E-state index contributed by atoms with van der Waals surface area (Å²) in [6.45, 7) is 3.43. The van der Waals surface area contributed by atoms with E-state index < -0.39 is 0 Å². The molecule has 28 heavy (non-hydrogen) atoms. The van der Waals surface area contributed by atoms with Gasteiger partial charge in [-0.05, 0) is 25.1 Å². The standard InChI is InChI=1S/C17H21N9OS/c1-10(14-21-15(18)23-16(22-14)25(3)4)28-17-24-19-9-26(17)13-7-5-6-12(8-13)20-11(2)27/h5-10H,1-4H3,(H,20,27)(H2,18,21,22,23). The number of thioether (sulfide) groups is 1. The normalized spacial score (nSPS) is 11.9. The largest absolute Gasteiger partial charge is 0.368 e. The van der Waals surface area contributed by atoms with Gasteiger partial charge in [-0.2, -0.15) is 15.0 Å². The van der Waals surface area contributed by atoms with Gasteiger partial charge in [0.2, 0.25) is 17.8 Å². The molecule has 1 unspecified atom stereocenters. The van der Waals surface area contributed by atoms with Gasteiger partial charge in [-0.15, -0.1) is 10.2 Å². The molecule has 1 atom stereocenters. The number of anilines is 3. The topological polar surface area (TPSA) is 128 Å². The van der Waals surface area contributed by atoms with Gasteiger partial charge < -0.3 is 16.0 Å². The van der Waals surface area contributed by atoms with Crippen molar-refractivity contribution in [2.45, 2.75) is 24.3 Å². The van der Waals surface area contributed by atoms with Crippen LogP contribution in [0.5, 0.6) is 0 Å². The third-order valence-corrected chi connectivity index (χ3v) is 4.72. The van der Waals surface area contributed by atoms with E-state index >= 15 is 0 Å². The van der Waals surface area contributed by atoms with Gasteiger partial charge in [-0.25, -0.2) is 0 Å². The lowest BCUT2D eigenvalue weighted by Gasteiger charge is -2.15. The van der Waals surface area contributed by atoms with Crippen molar-refractivity contribution >= 4 is 35.3 Å². The van der Waals surface area contributed by atoms with Crippen molar-refractivity contribution in [3.8, 4) is 5.69 Å².